The quantitative estimate of drug-likeness (QED) is 0.627. The van der Waals surface area contributed by atoms with E-state index < -0.39 is 17.9 Å². The van der Waals surface area contributed by atoms with Gasteiger partial charge in [0.25, 0.3) is 0 Å². The van der Waals surface area contributed by atoms with Crippen LogP contribution in [0.2, 0.25) is 12.6 Å². The van der Waals surface area contributed by atoms with Crippen LogP contribution < -0.4 is 10.4 Å². The molecule has 0 radical (unpaired) electrons. The van der Waals surface area contributed by atoms with Gasteiger partial charge in [-0.3, -0.25) is 0 Å². The molecule has 3 aromatic rings. The smallest absolute Gasteiger partial charge is 0.178 e. The number of sulfone groups is 1. The molecule has 0 unspecified atom stereocenters. The first-order valence-electron chi connectivity index (χ1n) is 8.41. The molecule has 0 heterocycles. The molecule has 0 N–H and O–H groups in total. The van der Waals surface area contributed by atoms with Crippen LogP contribution in [0.1, 0.15) is 0 Å². The van der Waals surface area contributed by atoms with Crippen molar-refractivity contribution in [2.45, 2.75) is 17.5 Å². The van der Waals surface area contributed by atoms with E-state index in [-0.39, 0.29) is 5.75 Å². The van der Waals surface area contributed by atoms with Crippen molar-refractivity contribution in [3.05, 3.63) is 91.0 Å². The van der Waals surface area contributed by atoms with Crippen LogP contribution in [-0.4, -0.2) is 22.2 Å². The van der Waals surface area contributed by atoms with Gasteiger partial charge in [-0.15, -0.1) is 0 Å². The van der Waals surface area contributed by atoms with Crippen molar-refractivity contribution in [2.24, 2.45) is 0 Å². The van der Waals surface area contributed by atoms with Gasteiger partial charge in [0, 0.05) is 0 Å². The van der Waals surface area contributed by atoms with E-state index in [1.54, 1.807) is 24.3 Å². The second-order valence-electron chi connectivity index (χ2n) is 6.45. The average molecular weight is 367 g/mol. The van der Waals surface area contributed by atoms with Crippen LogP contribution in [0.5, 0.6) is 0 Å². The molecule has 0 amide bonds. The zero-order valence-corrected chi connectivity index (χ0v) is 16.1. The van der Waals surface area contributed by atoms with Gasteiger partial charge in [-0.05, 0) is 18.2 Å². The Morgan fingerprint density at radius 2 is 1.08 bits per heavy atom. The zero-order chi connectivity index (χ0) is 17.8. The third-order valence-corrected chi connectivity index (χ3v) is 11.4. The molecule has 0 bridgehead atoms. The molecule has 0 aliphatic rings. The lowest BCUT2D eigenvalue weighted by atomic mass is 10.4. The predicted octanol–water partition coefficient (Wildman–Crippen LogP) is 3.35. The van der Waals surface area contributed by atoms with Crippen molar-refractivity contribution >= 4 is 28.3 Å². The maximum atomic E-state index is 12.8. The van der Waals surface area contributed by atoms with Crippen LogP contribution in [0.15, 0.2) is 95.9 Å². The first-order valence-corrected chi connectivity index (χ1v) is 12.8. The molecule has 128 valence electrons. The third kappa shape index (κ3) is 3.91. The number of rotatable bonds is 6. The lowest BCUT2D eigenvalue weighted by Crippen LogP contribution is -2.56. The molecule has 0 aliphatic heterocycles. The molecule has 0 saturated heterocycles. The minimum Gasteiger partial charge on any atom is -0.224 e. The van der Waals surface area contributed by atoms with Crippen LogP contribution in [0.25, 0.3) is 0 Å². The highest BCUT2D eigenvalue weighted by atomic mass is 32.2. The van der Waals surface area contributed by atoms with E-state index >= 15 is 0 Å². The van der Waals surface area contributed by atoms with Gasteiger partial charge in [0.2, 0.25) is 0 Å². The van der Waals surface area contributed by atoms with E-state index in [2.05, 4.69) is 30.8 Å². The Balaban J connectivity index is 1.95. The monoisotopic (exact) mass is 366 g/mol. The summed E-state index contributed by atoms with van der Waals surface area (Å²) in [4.78, 5) is 0.410. The van der Waals surface area contributed by atoms with Gasteiger partial charge in [-0.25, -0.2) is 8.42 Å². The van der Waals surface area contributed by atoms with Crippen molar-refractivity contribution < 1.29 is 8.42 Å². The molecule has 25 heavy (non-hydrogen) atoms. The van der Waals surface area contributed by atoms with Crippen LogP contribution in [0.3, 0.4) is 0 Å². The fourth-order valence-corrected chi connectivity index (χ4v) is 9.43. The normalized spacial score (nSPS) is 12.0. The van der Waals surface area contributed by atoms with Crippen molar-refractivity contribution in [3.63, 3.8) is 0 Å². The van der Waals surface area contributed by atoms with Gasteiger partial charge in [-0.1, -0.05) is 95.8 Å². The van der Waals surface area contributed by atoms with Gasteiger partial charge in [0.1, 0.15) is 8.07 Å². The summed E-state index contributed by atoms with van der Waals surface area (Å²) in [6.45, 7) is 2.26. The Bertz CT molecular complexity index is 868. The fourth-order valence-electron chi connectivity index (χ4n) is 3.15. The lowest BCUT2D eigenvalue weighted by molar-refractivity contribution is 0.597. The van der Waals surface area contributed by atoms with Crippen molar-refractivity contribution in [1.82, 2.24) is 0 Å². The van der Waals surface area contributed by atoms with E-state index in [9.17, 15) is 8.42 Å². The van der Waals surface area contributed by atoms with Gasteiger partial charge in [0.05, 0.1) is 10.6 Å². The van der Waals surface area contributed by atoms with Crippen molar-refractivity contribution in [3.8, 4) is 0 Å². The molecule has 3 rings (SSSR count). The maximum Gasteiger partial charge on any atom is 0.178 e. The summed E-state index contributed by atoms with van der Waals surface area (Å²) in [5, 5.41) is 2.54. The minimum absolute atomic E-state index is 0.170. The second-order valence-corrected chi connectivity index (χ2v) is 12.9. The number of benzene rings is 3. The number of hydrogen-bond acceptors (Lipinski definition) is 2. The molecule has 2 nitrogen and oxygen atoms in total. The highest BCUT2D eigenvalue weighted by Crippen LogP contribution is 2.17. The molecule has 0 fully saturated rings. The topological polar surface area (TPSA) is 34.1 Å². The standard InChI is InChI=1S/C21H22O2SSi/c1-25(20-13-7-3-8-14-20,21-15-9-4-10-16-21)18-17-24(22,23)19-11-5-2-6-12-19/h2-16H,17-18H2,1H3. The molecule has 0 spiro atoms. The Hall–Kier alpha value is -2.17. The van der Waals surface area contributed by atoms with Gasteiger partial charge >= 0.3 is 0 Å². The van der Waals surface area contributed by atoms with E-state index in [1.807, 2.05) is 42.5 Å². The van der Waals surface area contributed by atoms with Crippen LogP contribution in [0.4, 0.5) is 0 Å². The molecule has 0 atom stereocenters. The molecule has 0 aliphatic carbocycles. The summed E-state index contributed by atoms with van der Waals surface area (Å²) in [6.07, 6.45) is 0. The minimum atomic E-state index is -3.27. The summed E-state index contributed by atoms with van der Waals surface area (Å²) in [5.74, 6) is 0.170. The highest BCUT2D eigenvalue weighted by Gasteiger charge is 2.33. The van der Waals surface area contributed by atoms with Crippen molar-refractivity contribution in [1.29, 1.82) is 0 Å². The highest BCUT2D eigenvalue weighted by molar-refractivity contribution is 7.91. The Morgan fingerprint density at radius 1 is 0.680 bits per heavy atom. The molecular formula is C21H22O2SSi. The molecule has 4 heteroatoms. The molecule has 0 aromatic heterocycles. The first kappa shape index (κ1) is 17.6. The molecule has 0 saturated carbocycles. The largest absolute Gasteiger partial charge is 0.224 e. The van der Waals surface area contributed by atoms with E-state index in [4.69, 9.17) is 0 Å². The SMILES string of the molecule is C[Si](CCS(=O)(=O)c1ccccc1)(c1ccccc1)c1ccccc1. The lowest BCUT2D eigenvalue weighted by Gasteiger charge is -2.28. The number of hydrogen-bond donors (Lipinski definition) is 0. The van der Waals surface area contributed by atoms with Gasteiger partial charge in [-0.2, -0.15) is 0 Å². The molecular weight excluding hydrogens is 344 g/mol. The van der Waals surface area contributed by atoms with Crippen molar-refractivity contribution in [2.75, 3.05) is 5.75 Å². The van der Waals surface area contributed by atoms with E-state index in [0.717, 1.165) is 0 Å². The van der Waals surface area contributed by atoms with Gasteiger partial charge < -0.3 is 0 Å². The first-order chi connectivity index (χ1) is 12.0. The third-order valence-electron chi connectivity index (χ3n) is 4.79. The van der Waals surface area contributed by atoms with Crippen LogP contribution >= 0.6 is 0 Å². The van der Waals surface area contributed by atoms with Crippen LogP contribution in [0, 0.1) is 0 Å². The van der Waals surface area contributed by atoms with Gasteiger partial charge in [0.15, 0.2) is 9.84 Å². The summed E-state index contributed by atoms with van der Waals surface area (Å²) in [6, 6.07) is 30.1. The summed E-state index contributed by atoms with van der Waals surface area (Å²) >= 11 is 0. The second kappa shape index (κ2) is 7.38. The van der Waals surface area contributed by atoms with Crippen LogP contribution in [-0.2, 0) is 9.84 Å². The summed E-state index contributed by atoms with van der Waals surface area (Å²) in [5.41, 5.74) is 0. The maximum absolute atomic E-state index is 12.8. The zero-order valence-electron chi connectivity index (χ0n) is 14.3. The summed E-state index contributed by atoms with van der Waals surface area (Å²) in [7, 11) is -5.40. The Labute approximate surface area is 151 Å². The van der Waals surface area contributed by atoms with E-state index in [1.165, 1.54) is 10.4 Å². The Morgan fingerprint density at radius 3 is 1.52 bits per heavy atom. The summed E-state index contributed by atoms with van der Waals surface area (Å²) < 4.78 is 25.5. The van der Waals surface area contributed by atoms with E-state index in [0.29, 0.717) is 10.9 Å². The fraction of sp³-hybridized carbons (Fsp3) is 0.143. The average Bonchev–Trinajstić information content (AvgIpc) is 2.68. The molecule has 3 aromatic carbocycles. The Kier molecular flexibility index (Phi) is 5.21. The predicted molar refractivity (Wildman–Crippen MR) is 107 cm³/mol.